The number of benzene rings is 2. The van der Waals surface area contributed by atoms with Crippen molar-refractivity contribution in [2.75, 3.05) is 19.5 Å². The molecule has 31 heavy (non-hydrogen) atoms. The van der Waals surface area contributed by atoms with Gasteiger partial charge in [-0.1, -0.05) is 30.3 Å². The van der Waals surface area contributed by atoms with Gasteiger partial charge in [-0.3, -0.25) is 4.79 Å². The van der Waals surface area contributed by atoms with Crippen LogP contribution in [0.25, 0.3) is 0 Å². The van der Waals surface area contributed by atoms with Gasteiger partial charge in [0.15, 0.2) is 9.84 Å². The first-order valence-electron chi connectivity index (χ1n) is 9.69. The molecule has 8 heteroatoms. The fourth-order valence-electron chi connectivity index (χ4n) is 2.78. The number of sulfone groups is 1. The van der Waals surface area contributed by atoms with Crippen LogP contribution in [0, 0.1) is 0 Å². The van der Waals surface area contributed by atoms with E-state index in [1.54, 1.807) is 18.3 Å². The zero-order valence-corrected chi connectivity index (χ0v) is 18.0. The molecule has 0 aliphatic rings. The highest BCUT2D eigenvalue weighted by Crippen LogP contribution is 2.14. The summed E-state index contributed by atoms with van der Waals surface area (Å²) >= 11 is 0. The van der Waals surface area contributed by atoms with Crippen molar-refractivity contribution < 1.29 is 22.7 Å². The highest BCUT2D eigenvalue weighted by atomic mass is 32.2. The van der Waals surface area contributed by atoms with Crippen LogP contribution in [0.3, 0.4) is 0 Å². The molecule has 2 aromatic carbocycles. The number of methoxy groups -OCH3 is 1. The Morgan fingerprint density at radius 1 is 1.00 bits per heavy atom. The molecule has 162 valence electrons. The van der Waals surface area contributed by atoms with Gasteiger partial charge in [0.05, 0.1) is 17.3 Å². The maximum absolute atomic E-state index is 12.4. The van der Waals surface area contributed by atoms with Gasteiger partial charge in [0, 0.05) is 31.5 Å². The summed E-state index contributed by atoms with van der Waals surface area (Å²) in [6.45, 7) is 0.813. The predicted octanol–water partition coefficient (Wildman–Crippen LogP) is 3.01. The van der Waals surface area contributed by atoms with Crippen LogP contribution in [0.5, 0.6) is 5.88 Å². The number of nitrogens with zero attached hydrogens (tertiary/aromatic N) is 1. The van der Waals surface area contributed by atoms with Gasteiger partial charge < -0.3 is 14.8 Å². The van der Waals surface area contributed by atoms with Crippen LogP contribution in [-0.4, -0.2) is 38.8 Å². The third-order valence-electron chi connectivity index (χ3n) is 4.51. The van der Waals surface area contributed by atoms with Gasteiger partial charge in [0.2, 0.25) is 5.88 Å². The first-order valence-corrected chi connectivity index (χ1v) is 11.3. The van der Waals surface area contributed by atoms with Gasteiger partial charge in [-0.25, -0.2) is 13.4 Å². The molecule has 0 aliphatic heterocycles. The number of hydrogen-bond donors (Lipinski definition) is 1. The van der Waals surface area contributed by atoms with E-state index in [-0.39, 0.29) is 29.7 Å². The van der Waals surface area contributed by atoms with Gasteiger partial charge in [-0.05, 0) is 41.5 Å². The maximum atomic E-state index is 12.4. The Labute approximate surface area is 182 Å². The van der Waals surface area contributed by atoms with Crippen molar-refractivity contribution in [3.63, 3.8) is 0 Å². The number of amides is 1. The third-order valence-corrected chi connectivity index (χ3v) is 6.21. The number of pyridine rings is 1. The summed E-state index contributed by atoms with van der Waals surface area (Å²) in [6, 6.07) is 19.2. The zero-order valence-electron chi connectivity index (χ0n) is 17.2. The zero-order chi connectivity index (χ0) is 22.1. The van der Waals surface area contributed by atoms with E-state index < -0.39 is 9.84 Å². The summed E-state index contributed by atoms with van der Waals surface area (Å²) in [5, 5.41) is 2.82. The molecule has 0 atom stereocenters. The highest BCUT2D eigenvalue weighted by Gasteiger charge is 2.15. The van der Waals surface area contributed by atoms with Crippen molar-refractivity contribution in [2.24, 2.45) is 0 Å². The molecule has 1 aromatic heterocycles. The van der Waals surface area contributed by atoms with Crippen LogP contribution >= 0.6 is 0 Å². The maximum Gasteiger partial charge on any atom is 0.251 e. The van der Waals surface area contributed by atoms with Crippen molar-refractivity contribution >= 4 is 15.7 Å². The molecule has 1 amide bonds. The van der Waals surface area contributed by atoms with Crippen LogP contribution in [0.15, 0.2) is 77.8 Å². The fourth-order valence-corrected chi connectivity index (χ4v) is 3.95. The molecular formula is C23H24N2O5S. The number of carbonyl (C=O) groups excluding carboxylic acids is 1. The average molecular weight is 441 g/mol. The molecule has 0 radical (unpaired) electrons. The van der Waals surface area contributed by atoms with Crippen molar-refractivity contribution in [1.82, 2.24) is 10.3 Å². The summed E-state index contributed by atoms with van der Waals surface area (Å²) in [6.07, 6.45) is 1.63. The molecule has 1 heterocycles. The van der Waals surface area contributed by atoms with Crippen LogP contribution in [0.4, 0.5) is 0 Å². The predicted molar refractivity (Wildman–Crippen MR) is 117 cm³/mol. The largest absolute Gasteiger partial charge is 0.473 e. The molecule has 0 aliphatic carbocycles. The van der Waals surface area contributed by atoms with E-state index >= 15 is 0 Å². The second-order valence-corrected chi connectivity index (χ2v) is 8.90. The van der Waals surface area contributed by atoms with E-state index in [9.17, 15) is 13.2 Å². The quantitative estimate of drug-likeness (QED) is 0.521. The molecule has 1 N–H and O–H groups in total. The average Bonchev–Trinajstić information content (AvgIpc) is 2.81. The highest BCUT2D eigenvalue weighted by molar-refractivity contribution is 7.91. The van der Waals surface area contributed by atoms with Gasteiger partial charge in [0.1, 0.15) is 6.61 Å². The van der Waals surface area contributed by atoms with Crippen LogP contribution in [0.2, 0.25) is 0 Å². The van der Waals surface area contributed by atoms with E-state index in [4.69, 9.17) is 9.47 Å². The number of nitrogens with one attached hydrogen (secondary N) is 1. The lowest BCUT2D eigenvalue weighted by Crippen LogP contribution is -2.23. The van der Waals surface area contributed by atoms with Gasteiger partial charge in [-0.15, -0.1) is 0 Å². The van der Waals surface area contributed by atoms with E-state index in [0.717, 1.165) is 11.1 Å². The fraction of sp³-hybridized carbons (Fsp3) is 0.217. The monoisotopic (exact) mass is 440 g/mol. The normalized spacial score (nSPS) is 11.1. The topological polar surface area (TPSA) is 94.6 Å². The third kappa shape index (κ3) is 6.63. The lowest BCUT2D eigenvalue weighted by molar-refractivity contribution is 0.0950. The second-order valence-electron chi connectivity index (χ2n) is 6.80. The molecule has 3 aromatic rings. The van der Waals surface area contributed by atoms with Crippen LogP contribution in [0.1, 0.15) is 21.5 Å². The molecule has 0 saturated heterocycles. The van der Waals surface area contributed by atoms with E-state index in [1.165, 1.54) is 31.4 Å². The van der Waals surface area contributed by atoms with E-state index in [1.807, 2.05) is 30.3 Å². The summed E-state index contributed by atoms with van der Waals surface area (Å²) in [7, 11) is -1.98. The van der Waals surface area contributed by atoms with Crippen molar-refractivity contribution in [3.05, 3.63) is 89.6 Å². The minimum Gasteiger partial charge on any atom is -0.473 e. The Morgan fingerprint density at radius 3 is 2.45 bits per heavy atom. The first kappa shape index (κ1) is 22.5. The lowest BCUT2D eigenvalue weighted by atomic mass is 10.2. The Kier molecular flexibility index (Phi) is 7.75. The summed E-state index contributed by atoms with van der Waals surface area (Å²) in [4.78, 5) is 16.8. The van der Waals surface area contributed by atoms with E-state index in [2.05, 4.69) is 10.3 Å². The first-order chi connectivity index (χ1) is 15.0. The second kappa shape index (κ2) is 10.7. The lowest BCUT2D eigenvalue weighted by Gasteiger charge is -2.09. The minimum atomic E-state index is -3.43. The molecular weight excluding hydrogens is 416 g/mol. The van der Waals surface area contributed by atoms with Crippen LogP contribution in [-0.2, 0) is 27.7 Å². The van der Waals surface area contributed by atoms with Gasteiger partial charge in [-0.2, -0.15) is 0 Å². The number of aromatic nitrogens is 1. The van der Waals surface area contributed by atoms with Crippen molar-refractivity contribution in [1.29, 1.82) is 0 Å². The number of hydrogen-bond acceptors (Lipinski definition) is 6. The molecule has 7 nitrogen and oxygen atoms in total. The minimum absolute atomic E-state index is 0.105. The molecule has 0 unspecified atom stereocenters. The summed E-state index contributed by atoms with van der Waals surface area (Å²) in [5.74, 6) is 0.0665. The van der Waals surface area contributed by atoms with E-state index in [0.29, 0.717) is 18.1 Å². The van der Waals surface area contributed by atoms with Gasteiger partial charge in [0.25, 0.3) is 5.91 Å². The molecule has 0 bridgehead atoms. The Hall–Kier alpha value is -3.23. The van der Waals surface area contributed by atoms with Crippen molar-refractivity contribution in [2.45, 2.75) is 18.0 Å². The van der Waals surface area contributed by atoms with Crippen LogP contribution < -0.4 is 10.1 Å². The summed E-state index contributed by atoms with van der Waals surface area (Å²) < 4.78 is 34.9. The molecule has 0 saturated carbocycles. The SMILES string of the molecule is COCCS(=O)(=O)c1ccc(C(=O)NCc2ccnc(OCc3ccccc3)c2)cc1. The number of rotatable bonds is 10. The Balaban J connectivity index is 1.55. The molecule has 0 spiro atoms. The standard InChI is InChI=1S/C23H24N2O5S/c1-29-13-14-31(27,28)21-9-7-20(8-10-21)23(26)25-16-19-11-12-24-22(15-19)30-17-18-5-3-2-4-6-18/h2-12,15H,13-14,16-17H2,1H3,(H,25,26). The summed E-state index contributed by atoms with van der Waals surface area (Å²) in [5.41, 5.74) is 2.25. The Morgan fingerprint density at radius 2 is 1.74 bits per heavy atom. The van der Waals surface area contributed by atoms with Gasteiger partial charge >= 0.3 is 0 Å². The Bertz CT molecular complexity index is 1100. The molecule has 3 rings (SSSR count). The smallest absolute Gasteiger partial charge is 0.251 e. The number of ether oxygens (including phenoxy) is 2. The number of carbonyl (C=O) groups is 1. The molecule has 0 fully saturated rings. The van der Waals surface area contributed by atoms with Crippen molar-refractivity contribution in [3.8, 4) is 5.88 Å².